The lowest BCUT2D eigenvalue weighted by Gasteiger charge is -2.44. The molecule has 0 aromatic rings. The fraction of sp³-hybridized carbons (Fsp3) is 1.00. The molecule has 17 heavy (non-hydrogen) atoms. The van der Waals surface area contributed by atoms with E-state index in [4.69, 9.17) is 0 Å². The van der Waals surface area contributed by atoms with E-state index in [1.54, 1.807) is 0 Å². The zero-order valence-corrected chi connectivity index (χ0v) is 12.0. The Morgan fingerprint density at radius 2 is 1.71 bits per heavy atom. The highest BCUT2D eigenvalue weighted by molar-refractivity contribution is 4.89. The Morgan fingerprint density at radius 3 is 2.24 bits per heavy atom. The highest BCUT2D eigenvalue weighted by Gasteiger charge is 2.37. The lowest BCUT2D eigenvalue weighted by Crippen LogP contribution is -2.41. The van der Waals surface area contributed by atoms with Gasteiger partial charge < -0.3 is 5.32 Å². The molecular formula is C16H31N. The first-order valence-corrected chi connectivity index (χ1v) is 7.87. The average Bonchev–Trinajstić information content (AvgIpc) is 2.25. The molecule has 0 aromatic carbocycles. The van der Waals surface area contributed by atoms with Crippen molar-refractivity contribution in [2.75, 3.05) is 13.1 Å². The molecule has 2 aliphatic rings. The summed E-state index contributed by atoms with van der Waals surface area (Å²) in [6, 6.07) is 0. The molecule has 2 rings (SSSR count). The van der Waals surface area contributed by atoms with E-state index >= 15 is 0 Å². The normalized spacial score (nSPS) is 38.1. The Balaban J connectivity index is 1.67. The highest BCUT2D eigenvalue weighted by Crippen LogP contribution is 2.45. The van der Waals surface area contributed by atoms with Gasteiger partial charge >= 0.3 is 0 Å². The third kappa shape index (κ3) is 3.71. The summed E-state index contributed by atoms with van der Waals surface area (Å²) in [6.45, 7) is 9.51. The van der Waals surface area contributed by atoms with E-state index in [9.17, 15) is 0 Å². The maximum Gasteiger partial charge on any atom is -0.00177 e. The Morgan fingerprint density at radius 1 is 1.00 bits per heavy atom. The lowest BCUT2D eigenvalue weighted by atomic mass is 9.62. The Hall–Kier alpha value is -0.0400. The van der Waals surface area contributed by atoms with E-state index in [1.165, 1.54) is 51.6 Å². The molecule has 2 atom stereocenters. The van der Waals surface area contributed by atoms with Crippen molar-refractivity contribution in [2.24, 2.45) is 29.6 Å². The lowest BCUT2D eigenvalue weighted by molar-refractivity contribution is 0.0692. The number of hydrogen-bond donors (Lipinski definition) is 1. The summed E-state index contributed by atoms with van der Waals surface area (Å²) in [5, 5.41) is 3.66. The molecule has 1 heteroatoms. The van der Waals surface area contributed by atoms with Crippen LogP contribution in [0.2, 0.25) is 0 Å². The Bertz CT molecular complexity index is 216. The number of nitrogens with one attached hydrogen (secondary N) is 1. The minimum absolute atomic E-state index is 0.795. The van der Waals surface area contributed by atoms with Crippen LogP contribution in [-0.4, -0.2) is 13.1 Å². The summed E-state index contributed by atoms with van der Waals surface area (Å²) in [4.78, 5) is 0. The molecule has 2 saturated carbocycles. The number of rotatable bonds is 5. The van der Waals surface area contributed by atoms with Gasteiger partial charge in [0.1, 0.15) is 0 Å². The van der Waals surface area contributed by atoms with Gasteiger partial charge in [0, 0.05) is 0 Å². The molecule has 0 radical (unpaired) electrons. The zero-order chi connectivity index (χ0) is 12.3. The van der Waals surface area contributed by atoms with Crippen molar-refractivity contribution in [3.8, 4) is 0 Å². The van der Waals surface area contributed by atoms with E-state index in [0.29, 0.717) is 0 Å². The summed E-state index contributed by atoms with van der Waals surface area (Å²) in [7, 11) is 0. The van der Waals surface area contributed by atoms with Crippen LogP contribution in [0.4, 0.5) is 0 Å². The molecule has 100 valence electrons. The van der Waals surface area contributed by atoms with Gasteiger partial charge in [0.05, 0.1) is 0 Å². The van der Waals surface area contributed by atoms with Crippen molar-refractivity contribution < 1.29 is 0 Å². The van der Waals surface area contributed by atoms with E-state index in [0.717, 1.165) is 29.6 Å². The second-order valence-corrected chi connectivity index (χ2v) is 7.07. The minimum Gasteiger partial charge on any atom is -0.316 e. The first kappa shape index (κ1) is 13.4. The molecule has 2 unspecified atom stereocenters. The molecule has 0 amide bonds. The molecule has 0 aliphatic heterocycles. The topological polar surface area (TPSA) is 12.0 Å². The van der Waals surface area contributed by atoms with E-state index in [1.807, 2.05) is 0 Å². The van der Waals surface area contributed by atoms with Crippen LogP contribution in [0, 0.1) is 29.6 Å². The summed E-state index contributed by atoms with van der Waals surface area (Å²) < 4.78 is 0. The molecule has 0 aromatic heterocycles. The second kappa shape index (κ2) is 6.22. The minimum atomic E-state index is 0.795. The Labute approximate surface area is 108 Å². The smallest absolute Gasteiger partial charge is 0.00177 e. The monoisotopic (exact) mass is 237 g/mol. The van der Waals surface area contributed by atoms with Gasteiger partial charge in [-0.1, -0.05) is 33.6 Å². The van der Waals surface area contributed by atoms with Gasteiger partial charge in [0.25, 0.3) is 0 Å². The average molecular weight is 237 g/mol. The standard InChI is InChI=1S/C16H31N/c1-12(2)10-17-11-15-8-9-16(15)14-6-4-13(3)5-7-14/h12-17H,4-11H2,1-3H3. The predicted octanol–water partition coefficient (Wildman–Crippen LogP) is 4.08. The van der Waals surface area contributed by atoms with Crippen LogP contribution in [0.3, 0.4) is 0 Å². The van der Waals surface area contributed by atoms with Crippen molar-refractivity contribution in [1.29, 1.82) is 0 Å². The molecule has 0 bridgehead atoms. The molecule has 1 nitrogen and oxygen atoms in total. The van der Waals surface area contributed by atoms with Crippen molar-refractivity contribution >= 4 is 0 Å². The Kier molecular flexibility index (Phi) is 4.90. The molecule has 2 fully saturated rings. The summed E-state index contributed by atoms with van der Waals surface area (Å²) in [6.07, 6.45) is 9.04. The highest BCUT2D eigenvalue weighted by atomic mass is 14.9. The van der Waals surface area contributed by atoms with Crippen LogP contribution in [0.1, 0.15) is 59.3 Å². The molecule has 0 spiro atoms. The van der Waals surface area contributed by atoms with Gasteiger partial charge in [-0.2, -0.15) is 0 Å². The van der Waals surface area contributed by atoms with E-state index in [-0.39, 0.29) is 0 Å². The quantitative estimate of drug-likeness (QED) is 0.759. The van der Waals surface area contributed by atoms with Crippen molar-refractivity contribution in [3.63, 3.8) is 0 Å². The molecule has 2 aliphatic carbocycles. The molecule has 0 heterocycles. The van der Waals surface area contributed by atoms with Crippen molar-refractivity contribution in [1.82, 2.24) is 5.32 Å². The van der Waals surface area contributed by atoms with Gasteiger partial charge in [0.15, 0.2) is 0 Å². The van der Waals surface area contributed by atoms with Crippen LogP contribution < -0.4 is 5.32 Å². The third-order valence-electron chi connectivity index (χ3n) is 5.10. The SMILES string of the molecule is CC(C)CNCC1CCC1C1CCC(C)CC1. The first-order chi connectivity index (χ1) is 8.16. The second-order valence-electron chi connectivity index (χ2n) is 7.07. The van der Waals surface area contributed by atoms with Crippen LogP contribution in [-0.2, 0) is 0 Å². The van der Waals surface area contributed by atoms with Gasteiger partial charge in [-0.15, -0.1) is 0 Å². The molecular weight excluding hydrogens is 206 g/mol. The van der Waals surface area contributed by atoms with Crippen LogP contribution in [0.5, 0.6) is 0 Å². The predicted molar refractivity (Wildman–Crippen MR) is 75.0 cm³/mol. The maximum atomic E-state index is 3.66. The van der Waals surface area contributed by atoms with Gasteiger partial charge in [0.2, 0.25) is 0 Å². The largest absolute Gasteiger partial charge is 0.316 e. The maximum absolute atomic E-state index is 3.66. The van der Waals surface area contributed by atoms with Crippen molar-refractivity contribution in [2.45, 2.75) is 59.3 Å². The van der Waals surface area contributed by atoms with E-state index < -0.39 is 0 Å². The van der Waals surface area contributed by atoms with Crippen LogP contribution in [0.15, 0.2) is 0 Å². The van der Waals surface area contributed by atoms with Crippen LogP contribution >= 0.6 is 0 Å². The third-order valence-corrected chi connectivity index (χ3v) is 5.10. The van der Waals surface area contributed by atoms with Gasteiger partial charge in [-0.05, 0) is 68.4 Å². The van der Waals surface area contributed by atoms with Gasteiger partial charge in [-0.3, -0.25) is 0 Å². The summed E-state index contributed by atoms with van der Waals surface area (Å²) >= 11 is 0. The summed E-state index contributed by atoms with van der Waals surface area (Å²) in [5.74, 6) is 4.95. The fourth-order valence-corrected chi connectivity index (χ4v) is 3.74. The molecule has 0 saturated heterocycles. The first-order valence-electron chi connectivity index (χ1n) is 7.87. The fourth-order valence-electron chi connectivity index (χ4n) is 3.74. The number of hydrogen-bond acceptors (Lipinski definition) is 1. The van der Waals surface area contributed by atoms with Gasteiger partial charge in [-0.25, -0.2) is 0 Å². The summed E-state index contributed by atoms with van der Waals surface area (Å²) in [5.41, 5.74) is 0. The molecule has 1 N–H and O–H groups in total. The zero-order valence-electron chi connectivity index (χ0n) is 12.0. The van der Waals surface area contributed by atoms with E-state index in [2.05, 4.69) is 26.1 Å². The van der Waals surface area contributed by atoms with Crippen molar-refractivity contribution in [3.05, 3.63) is 0 Å². The van der Waals surface area contributed by atoms with Crippen LogP contribution in [0.25, 0.3) is 0 Å².